The van der Waals surface area contributed by atoms with Crippen LogP contribution in [0, 0.1) is 0 Å². The lowest BCUT2D eigenvalue weighted by Gasteiger charge is -2.23. The molecule has 0 amide bonds. The van der Waals surface area contributed by atoms with Crippen LogP contribution in [0.4, 0.5) is 16.8 Å². The number of rotatable bonds is 5. The van der Waals surface area contributed by atoms with Gasteiger partial charge in [-0.25, -0.2) is 0 Å². The minimum absolute atomic E-state index is 0.418. The first-order valence-corrected chi connectivity index (χ1v) is 8.67. The van der Waals surface area contributed by atoms with E-state index in [1.165, 1.54) is 16.0 Å². The molecule has 128 valence electrons. The number of para-hydroxylation sites is 1. The van der Waals surface area contributed by atoms with Crippen LogP contribution in [-0.4, -0.2) is 57.4 Å². The largest absolute Gasteiger partial charge is 0.374 e. The van der Waals surface area contributed by atoms with Gasteiger partial charge in [-0.2, -0.15) is 0 Å². The van der Waals surface area contributed by atoms with Gasteiger partial charge in [-0.05, 0) is 17.3 Å². The number of hydrogen-bond acceptors (Lipinski definition) is 6. The van der Waals surface area contributed by atoms with Gasteiger partial charge in [0, 0.05) is 42.3 Å². The van der Waals surface area contributed by atoms with E-state index in [9.17, 15) is 0 Å². The maximum atomic E-state index is 6.16. The maximum Gasteiger partial charge on any atom is 0.200 e. The molecule has 0 aliphatic rings. The van der Waals surface area contributed by atoms with Crippen molar-refractivity contribution in [1.82, 2.24) is 15.2 Å². The average Bonchev–Trinajstić information content (AvgIpc) is 3.10. The molecule has 0 saturated carbocycles. The number of nitrogens with zero attached hydrogens (tertiary/aromatic N) is 6. The Hall–Kier alpha value is -2.40. The van der Waals surface area contributed by atoms with Crippen molar-refractivity contribution >= 4 is 36.0 Å². The zero-order valence-corrected chi connectivity index (χ0v) is 15.9. The van der Waals surface area contributed by atoms with Crippen LogP contribution in [0.25, 0.3) is 11.0 Å². The highest BCUT2D eigenvalue weighted by atomic mass is 31.0. The van der Waals surface area contributed by atoms with Crippen LogP contribution in [0.5, 0.6) is 5.48 Å². The summed E-state index contributed by atoms with van der Waals surface area (Å²) in [6.45, 7) is 0. The van der Waals surface area contributed by atoms with E-state index >= 15 is 0 Å². The van der Waals surface area contributed by atoms with Crippen LogP contribution in [-0.2, 0) is 0 Å². The van der Waals surface area contributed by atoms with Crippen molar-refractivity contribution < 1.29 is 4.84 Å². The van der Waals surface area contributed by atoms with Gasteiger partial charge in [0.1, 0.15) is 16.7 Å². The summed E-state index contributed by atoms with van der Waals surface area (Å²) < 4.78 is 0. The molecule has 0 radical (unpaired) electrons. The van der Waals surface area contributed by atoms with Gasteiger partial charge in [-0.15, -0.1) is 5.10 Å². The molecule has 1 aromatic carbocycles. The molecule has 0 spiro atoms. The highest BCUT2D eigenvalue weighted by Gasteiger charge is 2.24. The molecule has 7 nitrogen and oxygen atoms in total. The van der Waals surface area contributed by atoms with Gasteiger partial charge >= 0.3 is 0 Å². The summed E-state index contributed by atoms with van der Waals surface area (Å²) in [6, 6.07) is 7.78. The van der Waals surface area contributed by atoms with Gasteiger partial charge < -0.3 is 19.5 Å². The predicted molar refractivity (Wildman–Crippen MR) is 102 cm³/mol. The lowest BCUT2D eigenvalue weighted by molar-refractivity contribution is 0.192. The summed E-state index contributed by atoms with van der Waals surface area (Å²) in [7, 11) is 12.7. The fourth-order valence-corrected chi connectivity index (χ4v) is 4.17. The Balaban J connectivity index is 2.12. The van der Waals surface area contributed by atoms with Crippen LogP contribution in [0.3, 0.4) is 0 Å². The van der Waals surface area contributed by atoms with E-state index in [0.29, 0.717) is 8.19 Å². The Labute approximate surface area is 143 Å². The molecule has 0 fully saturated rings. The van der Waals surface area contributed by atoms with Gasteiger partial charge in [-0.1, -0.05) is 25.2 Å². The summed E-state index contributed by atoms with van der Waals surface area (Å²) in [5.74, 6) is 0. The van der Waals surface area contributed by atoms with E-state index in [4.69, 9.17) is 4.84 Å². The third-order valence-electron chi connectivity index (χ3n) is 3.74. The standard InChI is InChI=1S/C16H23N6OP/c1-19(2)13-14(20(3)4)16(24-15(13)21(5)6)23-22-12-10-8-7-9-11(12)17-18-22/h7-10,24H,1-6H3. The monoisotopic (exact) mass is 346 g/mol. The van der Waals surface area contributed by atoms with E-state index in [-0.39, 0.29) is 0 Å². The van der Waals surface area contributed by atoms with Crippen molar-refractivity contribution in [3.63, 3.8) is 0 Å². The first-order chi connectivity index (χ1) is 11.4. The van der Waals surface area contributed by atoms with Gasteiger partial charge in [0.2, 0.25) is 0 Å². The van der Waals surface area contributed by atoms with E-state index < -0.39 is 0 Å². The molecular formula is C16H23N6OP. The van der Waals surface area contributed by atoms with Gasteiger partial charge in [0.05, 0.1) is 11.1 Å². The molecule has 24 heavy (non-hydrogen) atoms. The van der Waals surface area contributed by atoms with Crippen molar-refractivity contribution in [2.45, 2.75) is 0 Å². The first-order valence-electron chi connectivity index (χ1n) is 7.67. The second kappa shape index (κ2) is 6.24. The van der Waals surface area contributed by atoms with Gasteiger partial charge in [-0.3, -0.25) is 0 Å². The summed E-state index contributed by atoms with van der Waals surface area (Å²) in [5.41, 5.74) is 6.05. The lowest BCUT2D eigenvalue weighted by Crippen LogP contribution is -2.19. The molecule has 2 heterocycles. The van der Waals surface area contributed by atoms with E-state index in [2.05, 4.69) is 53.2 Å². The first kappa shape index (κ1) is 16.5. The third kappa shape index (κ3) is 2.76. The molecule has 1 atom stereocenters. The Morgan fingerprint density at radius 2 is 1.58 bits per heavy atom. The smallest absolute Gasteiger partial charge is 0.200 e. The number of hydrogen-bond donors (Lipinski definition) is 0. The molecule has 3 aromatic rings. The number of aromatic nitrogens is 3. The Bertz CT molecular complexity index is 851. The Morgan fingerprint density at radius 3 is 2.21 bits per heavy atom. The number of fused-ring (bicyclic) bond motifs is 1. The predicted octanol–water partition coefficient (Wildman–Crippen LogP) is 2.50. The van der Waals surface area contributed by atoms with Crippen LogP contribution >= 0.6 is 8.19 Å². The highest BCUT2D eigenvalue weighted by molar-refractivity contribution is 7.38. The average molecular weight is 346 g/mol. The highest BCUT2D eigenvalue weighted by Crippen LogP contribution is 2.55. The fraction of sp³-hybridized carbons (Fsp3) is 0.375. The molecule has 0 bridgehead atoms. The summed E-state index contributed by atoms with van der Waals surface area (Å²) in [6.07, 6.45) is 0. The Kier molecular flexibility index (Phi) is 4.28. The molecule has 0 aliphatic heterocycles. The van der Waals surface area contributed by atoms with E-state index in [1.54, 1.807) is 0 Å². The quantitative estimate of drug-likeness (QED) is 0.708. The lowest BCUT2D eigenvalue weighted by atomic mass is 10.3. The van der Waals surface area contributed by atoms with Crippen molar-refractivity contribution in [3.8, 4) is 5.48 Å². The maximum absolute atomic E-state index is 6.16. The summed E-state index contributed by atoms with van der Waals surface area (Å²) in [5, 5.41) is 8.30. The molecule has 3 rings (SSSR count). The van der Waals surface area contributed by atoms with E-state index in [0.717, 1.165) is 22.2 Å². The fourth-order valence-electron chi connectivity index (χ4n) is 2.68. The molecular weight excluding hydrogens is 323 g/mol. The minimum Gasteiger partial charge on any atom is -0.374 e. The van der Waals surface area contributed by atoms with Crippen molar-refractivity contribution in [1.29, 1.82) is 0 Å². The Morgan fingerprint density at radius 1 is 0.917 bits per heavy atom. The van der Waals surface area contributed by atoms with Crippen LogP contribution < -0.4 is 19.5 Å². The van der Waals surface area contributed by atoms with Crippen LogP contribution in [0.15, 0.2) is 24.3 Å². The zero-order chi connectivity index (χ0) is 17.4. The second-order valence-electron chi connectivity index (χ2n) is 6.23. The van der Waals surface area contributed by atoms with Crippen LogP contribution in [0.2, 0.25) is 0 Å². The van der Waals surface area contributed by atoms with Crippen molar-refractivity contribution in [2.24, 2.45) is 0 Å². The van der Waals surface area contributed by atoms with Crippen LogP contribution in [0.1, 0.15) is 0 Å². The molecule has 8 heteroatoms. The number of benzene rings is 1. The molecule has 0 N–H and O–H groups in total. The summed E-state index contributed by atoms with van der Waals surface area (Å²) in [4.78, 5) is 14.0. The normalized spacial score (nSPS) is 11.2. The minimum atomic E-state index is 0.418. The third-order valence-corrected chi connectivity index (χ3v) is 5.21. The van der Waals surface area contributed by atoms with Crippen molar-refractivity contribution in [2.75, 3.05) is 57.0 Å². The summed E-state index contributed by atoms with van der Waals surface area (Å²) >= 11 is 0. The number of anilines is 3. The second-order valence-corrected chi connectivity index (χ2v) is 7.40. The van der Waals surface area contributed by atoms with Gasteiger partial charge in [0.15, 0.2) is 5.48 Å². The molecule has 1 unspecified atom stereocenters. The van der Waals surface area contributed by atoms with E-state index in [1.807, 2.05) is 38.4 Å². The molecule has 0 saturated heterocycles. The molecule has 0 aliphatic carbocycles. The van der Waals surface area contributed by atoms with Gasteiger partial charge in [0.25, 0.3) is 0 Å². The SMILES string of the molecule is CN(C)c1[pH]c(On2nnc3ccccc32)c(N(C)C)c1N(C)C. The van der Waals surface area contributed by atoms with Crippen molar-refractivity contribution in [3.05, 3.63) is 24.3 Å². The molecule has 2 aromatic heterocycles. The zero-order valence-electron chi connectivity index (χ0n) is 14.9. The topological polar surface area (TPSA) is 49.7 Å².